The van der Waals surface area contributed by atoms with Gasteiger partial charge in [0, 0.05) is 12.5 Å². The molecule has 1 heterocycles. The van der Waals surface area contributed by atoms with Gasteiger partial charge in [0.1, 0.15) is 24.3 Å². The fourth-order valence-corrected chi connectivity index (χ4v) is 8.03. The van der Waals surface area contributed by atoms with Crippen molar-refractivity contribution >= 4 is 18.0 Å². The van der Waals surface area contributed by atoms with Crippen LogP contribution in [-0.4, -0.2) is 53.7 Å². The Morgan fingerprint density at radius 3 is 1.63 bits per heavy atom. The molecule has 52 heavy (non-hydrogen) atoms. The summed E-state index contributed by atoms with van der Waals surface area (Å²) >= 11 is 0. The first-order valence-corrected chi connectivity index (χ1v) is 18.0. The zero-order valence-corrected chi connectivity index (χ0v) is 29.8. The van der Waals surface area contributed by atoms with Gasteiger partial charge in [-0.2, -0.15) is 0 Å². The number of nitrogens with zero attached hydrogens (tertiary/aromatic N) is 1. The van der Waals surface area contributed by atoms with Gasteiger partial charge in [0.15, 0.2) is 0 Å². The van der Waals surface area contributed by atoms with Gasteiger partial charge in [-0.05, 0) is 72.6 Å². The van der Waals surface area contributed by atoms with E-state index in [1.807, 2.05) is 136 Å². The number of amides is 2. The number of hydrogen-bond donors (Lipinski definition) is 1. The van der Waals surface area contributed by atoms with Gasteiger partial charge < -0.3 is 19.7 Å². The summed E-state index contributed by atoms with van der Waals surface area (Å²) in [6, 6.07) is 43.6. The van der Waals surface area contributed by atoms with Crippen molar-refractivity contribution in [2.24, 2.45) is 0 Å². The van der Waals surface area contributed by atoms with Gasteiger partial charge in [0.25, 0.3) is 0 Å². The second kappa shape index (κ2) is 14.5. The van der Waals surface area contributed by atoms with E-state index in [-0.39, 0.29) is 12.5 Å². The largest absolute Gasteiger partial charge is 0.458 e. The first-order chi connectivity index (χ1) is 25.2. The molecule has 1 N–H and O–H groups in total. The number of fused-ring (bicyclic) bond motifs is 3. The summed E-state index contributed by atoms with van der Waals surface area (Å²) in [5, 5.41) is 3.11. The Morgan fingerprint density at radius 2 is 1.15 bits per heavy atom. The lowest BCUT2D eigenvalue weighted by Gasteiger charge is -2.43. The highest BCUT2D eigenvalue weighted by Crippen LogP contribution is 2.46. The molecule has 2 aliphatic rings. The van der Waals surface area contributed by atoms with Crippen LogP contribution in [0, 0.1) is 0 Å². The van der Waals surface area contributed by atoms with Crippen molar-refractivity contribution in [3.05, 3.63) is 167 Å². The van der Waals surface area contributed by atoms with Gasteiger partial charge in [0.2, 0.25) is 5.91 Å². The lowest BCUT2D eigenvalue weighted by molar-refractivity contribution is -0.163. The first kappa shape index (κ1) is 34.7. The maximum absolute atomic E-state index is 15.4. The smallest absolute Gasteiger partial charge is 0.407 e. The topological polar surface area (TPSA) is 84.9 Å². The lowest BCUT2D eigenvalue weighted by atomic mass is 9.64. The van der Waals surface area contributed by atoms with Crippen LogP contribution in [0.2, 0.25) is 0 Å². The maximum atomic E-state index is 15.4. The van der Waals surface area contributed by atoms with E-state index < -0.39 is 41.1 Å². The van der Waals surface area contributed by atoms with E-state index in [1.165, 1.54) is 0 Å². The summed E-state index contributed by atoms with van der Waals surface area (Å²) in [4.78, 5) is 44.9. The third-order valence-electron chi connectivity index (χ3n) is 10.2. The van der Waals surface area contributed by atoms with E-state index in [1.54, 1.807) is 4.90 Å². The van der Waals surface area contributed by atoms with Gasteiger partial charge in [-0.3, -0.25) is 4.79 Å². The summed E-state index contributed by atoms with van der Waals surface area (Å²) in [5.41, 5.74) is 4.90. The lowest BCUT2D eigenvalue weighted by Crippen LogP contribution is -2.61. The number of nitrogens with one attached hydrogen (secondary N) is 1. The van der Waals surface area contributed by atoms with Gasteiger partial charge in [-0.1, -0.05) is 140 Å². The van der Waals surface area contributed by atoms with Crippen LogP contribution in [0.5, 0.6) is 0 Å². The molecular weight excluding hydrogens is 649 g/mol. The van der Waals surface area contributed by atoms with Crippen LogP contribution in [0.15, 0.2) is 140 Å². The number of hydrogen-bond acceptors (Lipinski definition) is 5. The molecule has 0 spiro atoms. The van der Waals surface area contributed by atoms with Crippen molar-refractivity contribution in [3.8, 4) is 11.1 Å². The molecule has 0 radical (unpaired) electrons. The maximum Gasteiger partial charge on any atom is 0.407 e. The van der Waals surface area contributed by atoms with Gasteiger partial charge >= 0.3 is 12.1 Å². The van der Waals surface area contributed by atoms with E-state index in [0.717, 1.165) is 38.9 Å². The van der Waals surface area contributed by atoms with Crippen molar-refractivity contribution in [2.45, 2.75) is 62.6 Å². The average Bonchev–Trinajstić information content (AvgIpc) is 3.78. The zero-order valence-electron chi connectivity index (χ0n) is 29.8. The summed E-state index contributed by atoms with van der Waals surface area (Å²) in [7, 11) is 0. The number of carbonyl (C=O) groups is 3. The quantitative estimate of drug-likeness (QED) is 0.124. The molecule has 5 aromatic rings. The Kier molecular flexibility index (Phi) is 9.69. The molecule has 2 amide bonds. The van der Waals surface area contributed by atoms with E-state index in [4.69, 9.17) is 9.47 Å². The van der Waals surface area contributed by atoms with Crippen molar-refractivity contribution < 1.29 is 23.9 Å². The molecule has 5 aromatic carbocycles. The van der Waals surface area contributed by atoms with Gasteiger partial charge in [-0.25, -0.2) is 9.59 Å². The fraction of sp³-hybridized carbons (Fsp3) is 0.267. The van der Waals surface area contributed by atoms with Gasteiger partial charge in [0.05, 0.1) is 5.41 Å². The molecule has 0 unspecified atom stereocenters. The zero-order chi connectivity index (χ0) is 36.3. The highest BCUT2D eigenvalue weighted by Gasteiger charge is 2.52. The Hall–Kier alpha value is -5.69. The molecule has 7 nitrogen and oxygen atoms in total. The SMILES string of the molecule is CC(C)(C)OC(=O)[C@@H]1CCCN1C(=O)[C@@H](NC(=O)OCC1c2ccccc2-c2ccccc21)C(c1ccccc1)(c1ccccc1)c1ccccc1. The van der Waals surface area contributed by atoms with Crippen LogP contribution in [0.25, 0.3) is 11.1 Å². The third-order valence-corrected chi connectivity index (χ3v) is 10.2. The molecule has 1 aliphatic heterocycles. The average molecular weight is 693 g/mol. The second-order valence-electron chi connectivity index (χ2n) is 14.5. The van der Waals surface area contributed by atoms with Crippen LogP contribution in [0.1, 0.15) is 67.3 Å². The fourth-order valence-electron chi connectivity index (χ4n) is 8.03. The van der Waals surface area contributed by atoms with Crippen molar-refractivity contribution in [2.75, 3.05) is 13.2 Å². The van der Waals surface area contributed by atoms with E-state index in [9.17, 15) is 9.59 Å². The van der Waals surface area contributed by atoms with E-state index >= 15 is 4.79 Å². The molecule has 1 fully saturated rings. The highest BCUT2D eigenvalue weighted by molar-refractivity contribution is 5.93. The van der Waals surface area contributed by atoms with Crippen molar-refractivity contribution in [1.29, 1.82) is 0 Å². The number of carbonyl (C=O) groups excluding carboxylic acids is 3. The normalized spacial score (nSPS) is 16.1. The van der Waals surface area contributed by atoms with Crippen molar-refractivity contribution in [1.82, 2.24) is 10.2 Å². The Balaban J connectivity index is 1.32. The number of rotatable bonds is 9. The number of alkyl carbamates (subject to hydrolysis) is 1. The predicted octanol–water partition coefficient (Wildman–Crippen LogP) is 8.26. The Morgan fingerprint density at radius 1 is 0.692 bits per heavy atom. The molecule has 0 aromatic heterocycles. The predicted molar refractivity (Wildman–Crippen MR) is 202 cm³/mol. The minimum absolute atomic E-state index is 0.0834. The molecule has 7 rings (SSSR count). The monoisotopic (exact) mass is 692 g/mol. The van der Waals surface area contributed by atoms with Gasteiger partial charge in [-0.15, -0.1) is 0 Å². The Bertz CT molecular complexity index is 1900. The summed E-state index contributed by atoms with van der Waals surface area (Å²) in [6.45, 7) is 5.89. The number of ether oxygens (including phenoxy) is 2. The van der Waals surface area contributed by atoms with E-state index in [0.29, 0.717) is 19.4 Å². The summed E-state index contributed by atoms with van der Waals surface area (Å²) in [5.74, 6) is -1.01. The van der Waals surface area contributed by atoms with Crippen molar-refractivity contribution in [3.63, 3.8) is 0 Å². The highest BCUT2D eigenvalue weighted by atomic mass is 16.6. The standard InChI is InChI=1S/C45H44N2O5/c1-44(2,3)52-42(49)39-28-17-29-47(39)41(48)40(46-43(50)51-30-38-36-26-15-13-24-34(36)35-25-14-16-27-37(35)38)45(31-18-7-4-8-19-31,32-20-9-5-10-21-32)33-22-11-6-12-23-33/h4-16,18-27,38-40H,17,28-30H2,1-3H3,(H,46,50)/t39-,40+/m0/s1. The van der Waals surface area contributed by atoms with Crippen LogP contribution in [0.4, 0.5) is 4.79 Å². The molecule has 2 atom stereocenters. The number of likely N-dealkylation sites (tertiary alicyclic amines) is 1. The molecule has 0 saturated carbocycles. The molecule has 1 saturated heterocycles. The van der Waals surface area contributed by atoms with E-state index in [2.05, 4.69) is 29.6 Å². The second-order valence-corrected chi connectivity index (χ2v) is 14.5. The van der Waals surface area contributed by atoms with Crippen LogP contribution in [-0.2, 0) is 24.5 Å². The Labute approximate surface area is 305 Å². The third kappa shape index (κ3) is 6.59. The van der Waals surface area contributed by atoms with Crippen LogP contribution >= 0.6 is 0 Å². The molecular formula is C45H44N2O5. The molecule has 264 valence electrons. The van der Waals surface area contributed by atoms with Crippen LogP contribution in [0.3, 0.4) is 0 Å². The molecule has 1 aliphatic carbocycles. The first-order valence-electron chi connectivity index (χ1n) is 18.0. The number of esters is 1. The minimum Gasteiger partial charge on any atom is -0.458 e. The number of benzene rings is 5. The molecule has 0 bridgehead atoms. The summed E-state index contributed by atoms with van der Waals surface area (Å²) in [6.07, 6.45) is 0.371. The summed E-state index contributed by atoms with van der Waals surface area (Å²) < 4.78 is 11.9. The minimum atomic E-state index is -1.21. The molecule has 7 heteroatoms. The van der Waals surface area contributed by atoms with Crippen LogP contribution < -0.4 is 5.32 Å².